The number of rotatable bonds is 9. The van der Waals surface area contributed by atoms with Crippen LogP contribution in [0.1, 0.15) is 49.7 Å². The Morgan fingerprint density at radius 2 is 1.86 bits per heavy atom. The number of nitrogens with one attached hydrogen (secondary N) is 2. The SMILES string of the molecule is COc1ccc(C23CCC(NC(=O)NSCC4CC4)CC2N(Cc2ccccc2)CC3)cc1OC. The van der Waals surface area contributed by atoms with E-state index in [1.54, 1.807) is 26.2 Å². The molecule has 7 heteroatoms. The van der Waals surface area contributed by atoms with Crippen molar-refractivity contribution in [1.82, 2.24) is 14.9 Å². The van der Waals surface area contributed by atoms with Crippen LogP contribution < -0.4 is 19.5 Å². The van der Waals surface area contributed by atoms with Gasteiger partial charge in [-0.3, -0.25) is 9.62 Å². The first-order valence-electron chi connectivity index (χ1n) is 12.8. The molecule has 1 heterocycles. The maximum Gasteiger partial charge on any atom is 0.324 e. The van der Waals surface area contributed by atoms with E-state index in [0.717, 1.165) is 61.9 Å². The van der Waals surface area contributed by atoms with E-state index >= 15 is 0 Å². The van der Waals surface area contributed by atoms with Crippen molar-refractivity contribution in [3.8, 4) is 11.5 Å². The highest BCUT2D eigenvalue weighted by Gasteiger charge is 2.51. The molecule has 2 saturated carbocycles. The van der Waals surface area contributed by atoms with E-state index in [-0.39, 0.29) is 17.5 Å². The third-order valence-corrected chi connectivity index (χ3v) is 9.04. The Kier molecular flexibility index (Phi) is 7.44. The highest BCUT2D eigenvalue weighted by Crippen LogP contribution is 2.50. The van der Waals surface area contributed by atoms with Gasteiger partial charge in [-0.1, -0.05) is 36.4 Å². The molecule has 0 radical (unpaired) electrons. The Bertz CT molecular complexity index is 1020. The van der Waals surface area contributed by atoms with Gasteiger partial charge >= 0.3 is 6.03 Å². The van der Waals surface area contributed by atoms with Gasteiger partial charge in [0.1, 0.15) is 0 Å². The second-order valence-electron chi connectivity index (χ2n) is 10.2. The summed E-state index contributed by atoms with van der Waals surface area (Å²) < 4.78 is 14.2. The van der Waals surface area contributed by atoms with Crippen LogP contribution in [0.2, 0.25) is 0 Å². The van der Waals surface area contributed by atoms with Gasteiger partial charge in [0.25, 0.3) is 0 Å². The van der Waals surface area contributed by atoms with Crippen molar-refractivity contribution in [2.45, 2.75) is 62.6 Å². The normalized spacial score (nSPS) is 26.1. The van der Waals surface area contributed by atoms with Crippen LogP contribution in [0.4, 0.5) is 4.79 Å². The Balaban J connectivity index is 1.35. The van der Waals surface area contributed by atoms with Crippen LogP contribution in [0, 0.1) is 5.92 Å². The number of benzene rings is 2. The number of likely N-dealkylation sites (tertiary alicyclic amines) is 1. The van der Waals surface area contributed by atoms with Crippen molar-refractivity contribution in [2.24, 2.45) is 5.92 Å². The van der Waals surface area contributed by atoms with Gasteiger partial charge in [0.05, 0.1) is 14.2 Å². The first-order valence-corrected chi connectivity index (χ1v) is 13.8. The van der Waals surface area contributed by atoms with Gasteiger partial charge in [-0.05, 0) is 86.2 Å². The lowest BCUT2D eigenvalue weighted by molar-refractivity contribution is 0.130. The second-order valence-corrected chi connectivity index (χ2v) is 11.1. The van der Waals surface area contributed by atoms with E-state index in [4.69, 9.17) is 9.47 Å². The van der Waals surface area contributed by atoms with Crippen molar-refractivity contribution in [3.05, 3.63) is 59.7 Å². The summed E-state index contributed by atoms with van der Waals surface area (Å²) in [6.07, 6.45) is 6.67. The molecule has 188 valence electrons. The number of hydrogen-bond donors (Lipinski definition) is 2. The van der Waals surface area contributed by atoms with E-state index in [1.165, 1.54) is 24.0 Å². The number of carbonyl (C=O) groups excluding carboxylic acids is 1. The first kappa shape index (κ1) is 24.3. The summed E-state index contributed by atoms with van der Waals surface area (Å²) in [7, 11) is 3.38. The minimum absolute atomic E-state index is 0.0453. The monoisotopic (exact) mass is 495 g/mol. The van der Waals surface area contributed by atoms with Crippen molar-refractivity contribution in [3.63, 3.8) is 0 Å². The molecule has 3 aliphatic rings. The molecule has 2 aromatic rings. The van der Waals surface area contributed by atoms with Gasteiger partial charge in [-0.2, -0.15) is 0 Å². The van der Waals surface area contributed by atoms with Crippen LogP contribution in [-0.4, -0.2) is 49.5 Å². The molecule has 2 aliphatic carbocycles. The maximum absolute atomic E-state index is 12.6. The van der Waals surface area contributed by atoms with E-state index in [9.17, 15) is 4.79 Å². The molecule has 0 bridgehead atoms. The summed E-state index contributed by atoms with van der Waals surface area (Å²) in [5, 5.41) is 3.28. The lowest BCUT2D eigenvalue weighted by atomic mass is 9.65. The van der Waals surface area contributed by atoms with Crippen LogP contribution in [0.3, 0.4) is 0 Å². The fraction of sp³-hybridized carbons (Fsp3) is 0.536. The molecule has 2 aromatic carbocycles. The number of nitrogens with zero attached hydrogens (tertiary/aromatic N) is 1. The van der Waals surface area contributed by atoms with Gasteiger partial charge in [-0.15, -0.1) is 0 Å². The van der Waals surface area contributed by atoms with Crippen LogP contribution in [0.25, 0.3) is 0 Å². The summed E-state index contributed by atoms with van der Waals surface area (Å²) in [4.78, 5) is 15.2. The molecule has 1 aliphatic heterocycles. The number of methoxy groups -OCH3 is 2. The highest BCUT2D eigenvalue weighted by atomic mass is 32.2. The fourth-order valence-electron chi connectivity index (χ4n) is 5.99. The van der Waals surface area contributed by atoms with Gasteiger partial charge in [0, 0.05) is 29.8 Å². The zero-order valence-electron chi connectivity index (χ0n) is 20.8. The largest absolute Gasteiger partial charge is 0.493 e. The number of amides is 2. The number of carbonyl (C=O) groups is 1. The molecule has 2 amide bonds. The van der Waals surface area contributed by atoms with E-state index < -0.39 is 0 Å². The molecule has 0 spiro atoms. The summed E-state index contributed by atoms with van der Waals surface area (Å²) >= 11 is 1.55. The third-order valence-electron chi connectivity index (χ3n) is 8.07. The molecular formula is C28H37N3O3S. The Morgan fingerprint density at radius 3 is 2.60 bits per heavy atom. The topological polar surface area (TPSA) is 62.8 Å². The van der Waals surface area contributed by atoms with Gasteiger partial charge in [0.2, 0.25) is 0 Å². The van der Waals surface area contributed by atoms with E-state index in [1.807, 2.05) is 6.07 Å². The predicted octanol–water partition coefficient (Wildman–Crippen LogP) is 5.13. The molecule has 0 aromatic heterocycles. The molecule has 1 saturated heterocycles. The minimum Gasteiger partial charge on any atom is -0.493 e. The van der Waals surface area contributed by atoms with E-state index in [2.05, 4.69) is 57.4 Å². The third kappa shape index (κ3) is 5.41. The lowest BCUT2D eigenvalue weighted by Crippen LogP contribution is -2.53. The number of urea groups is 1. The van der Waals surface area contributed by atoms with Gasteiger partial charge in [-0.25, -0.2) is 4.79 Å². The fourth-order valence-corrected chi connectivity index (χ4v) is 6.83. The molecule has 3 unspecified atom stereocenters. The second kappa shape index (κ2) is 10.7. The zero-order valence-corrected chi connectivity index (χ0v) is 21.6. The standard InChI is InChI=1S/C28H37N3O3S/c1-33-24-11-10-22(16-25(24)34-2)28-13-12-23(29-27(32)30-35-19-21-8-9-21)17-26(28)31(15-14-28)18-20-6-4-3-5-7-20/h3-7,10-11,16,21,23,26H,8-9,12-15,17-19H2,1-2H3,(H2,29,30,32). The molecule has 6 nitrogen and oxygen atoms in total. The Labute approximate surface area is 213 Å². The molecular weight excluding hydrogens is 458 g/mol. The molecule has 35 heavy (non-hydrogen) atoms. The predicted molar refractivity (Wildman–Crippen MR) is 141 cm³/mol. The molecule has 2 N–H and O–H groups in total. The van der Waals surface area contributed by atoms with Gasteiger partial charge in [0.15, 0.2) is 11.5 Å². The Morgan fingerprint density at radius 1 is 1.06 bits per heavy atom. The molecule has 3 fully saturated rings. The lowest BCUT2D eigenvalue weighted by Gasteiger charge is -2.45. The average molecular weight is 496 g/mol. The van der Waals surface area contributed by atoms with Crippen molar-refractivity contribution in [2.75, 3.05) is 26.5 Å². The summed E-state index contributed by atoms with van der Waals surface area (Å²) in [6, 6.07) is 17.6. The van der Waals surface area contributed by atoms with Crippen molar-refractivity contribution >= 4 is 18.0 Å². The number of hydrogen-bond acceptors (Lipinski definition) is 5. The van der Waals surface area contributed by atoms with Crippen LogP contribution >= 0.6 is 11.9 Å². The number of fused-ring (bicyclic) bond motifs is 1. The summed E-state index contributed by atoms with van der Waals surface area (Å²) in [6.45, 7) is 1.97. The highest BCUT2D eigenvalue weighted by molar-refractivity contribution is 7.97. The minimum atomic E-state index is -0.0492. The summed E-state index contributed by atoms with van der Waals surface area (Å²) in [5.74, 6) is 3.36. The van der Waals surface area contributed by atoms with Crippen LogP contribution in [0.5, 0.6) is 11.5 Å². The van der Waals surface area contributed by atoms with Crippen molar-refractivity contribution < 1.29 is 14.3 Å². The summed E-state index contributed by atoms with van der Waals surface area (Å²) in [5.41, 5.74) is 2.70. The zero-order chi connectivity index (χ0) is 24.3. The van der Waals surface area contributed by atoms with Crippen LogP contribution in [0.15, 0.2) is 48.5 Å². The first-order chi connectivity index (χ1) is 17.1. The quantitative estimate of drug-likeness (QED) is 0.473. The Hall–Kier alpha value is -2.38. The average Bonchev–Trinajstić information content (AvgIpc) is 3.65. The maximum atomic E-state index is 12.6. The van der Waals surface area contributed by atoms with Crippen molar-refractivity contribution in [1.29, 1.82) is 0 Å². The molecule has 5 rings (SSSR count). The smallest absolute Gasteiger partial charge is 0.324 e. The van der Waals surface area contributed by atoms with Gasteiger partial charge < -0.3 is 14.8 Å². The van der Waals surface area contributed by atoms with E-state index in [0.29, 0.717) is 6.04 Å². The molecule has 3 atom stereocenters. The number of ether oxygens (including phenoxy) is 2. The van der Waals surface area contributed by atoms with Crippen LogP contribution in [-0.2, 0) is 12.0 Å².